The Balaban J connectivity index is 2.31. The van der Waals surface area contributed by atoms with E-state index in [0.29, 0.717) is 31.8 Å². The summed E-state index contributed by atoms with van der Waals surface area (Å²) < 4.78 is 15.7. The molecule has 1 heterocycles. The number of hydrogen-bond acceptors (Lipinski definition) is 4. The molecule has 14 heavy (non-hydrogen) atoms. The van der Waals surface area contributed by atoms with E-state index in [0.717, 1.165) is 0 Å². The first-order chi connectivity index (χ1) is 6.66. The maximum Gasteiger partial charge on any atom is 0.146 e. The van der Waals surface area contributed by atoms with Crippen molar-refractivity contribution < 1.29 is 14.2 Å². The van der Waals surface area contributed by atoms with Crippen LogP contribution >= 0.6 is 0 Å². The van der Waals surface area contributed by atoms with Gasteiger partial charge in [0.15, 0.2) is 0 Å². The van der Waals surface area contributed by atoms with Crippen LogP contribution in [0.2, 0.25) is 0 Å². The van der Waals surface area contributed by atoms with Crippen molar-refractivity contribution >= 4 is 0 Å². The predicted molar refractivity (Wildman–Crippen MR) is 53.9 cm³/mol. The minimum absolute atomic E-state index is 0.153. The van der Waals surface area contributed by atoms with Gasteiger partial charge in [0.2, 0.25) is 0 Å². The summed E-state index contributed by atoms with van der Waals surface area (Å²) in [5, 5.41) is 0. The minimum atomic E-state index is 0.153. The van der Waals surface area contributed by atoms with Gasteiger partial charge in [-0.25, -0.2) is 0 Å². The number of methoxy groups -OCH3 is 1. The average molecular weight is 203 g/mol. The van der Waals surface area contributed by atoms with Crippen LogP contribution in [0.25, 0.3) is 0 Å². The van der Waals surface area contributed by atoms with Gasteiger partial charge in [-0.1, -0.05) is 13.8 Å². The van der Waals surface area contributed by atoms with Crippen molar-refractivity contribution in [3.05, 3.63) is 0 Å². The molecule has 1 aliphatic rings. The van der Waals surface area contributed by atoms with Crippen molar-refractivity contribution in [3.63, 3.8) is 0 Å². The van der Waals surface area contributed by atoms with Gasteiger partial charge in [-0.2, -0.15) is 0 Å². The zero-order chi connectivity index (χ0) is 10.6. The molecule has 1 fully saturated rings. The topological polar surface area (TPSA) is 53.7 Å². The van der Waals surface area contributed by atoms with Gasteiger partial charge in [-0.15, -0.1) is 0 Å². The van der Waals surface area contributed by atoms with E-state index in [1.54, 1.807) is 7.11 Å². The molecule has 4 heteroatoms. The average Bonchev–Trinajstić information content (AvgIpc) is 2.18. The summed E-state index contributed by atoms with van der Waals surface area (Å²) in [5.74, 6) is 0.926. The van der Waals surface area contributed by atoms with Crippen molar-refractivity contribution in [1.29, 1.82) is 0 Å². The molecular formula is C10H21NO3. The molecule has 4 atom stereocenters. The van der Waals surface area contributed by atoms with Crippen LogP contribution in [0.1, 0.15) is 13.8 Å². The first kappa shape index (κ1) is 11.9. The zero-order valence-corrected chi connectivity index (χ0v) is 9.23. The van der Waals surface area contributed by atoms with E-state index in [4.69, 9.17) is 19.9 Å². The van der Waals surface area contributed by atoms with E-state index in [1.165, 1.54) is 0 Å². The SMILES string of the molecule is COCOC[C@H]1OC[C@H](N)[C@@H](C)[C@H]1C. The lowest BCUT2D eigenvalue weighted by atomic mass is 9.83. The molecule has 0 radical (unpaired) electrons. The van der Waals surface area contributed by atoms with E-state index < -0.39 is 0 Å². The maximum absolute atomic E-state index is 5.90. The van der Waals surface area contributed by atoms with Crippen molar-refractivity contribution in [3.8, 4) is 0 Å². The smallest absolute Gasteiger partial charge is 0.146 e. The lowest BCUT2D eigenvalue weighted by Gasteiger charge is -2.38. The monoisotopic (exact) mass is 203 g/mol. The van der Waals surface area contributed by atoms with Crippen molar-refractivity contribution in [2.24, 2.45) is 17.6 Å². The van der Waals surface area contributed by atoms with E-state index in [2.05, 4.69) is 13.8 Å². The Bertz CT molecular complexity index is 165. The molecule has 0 spiro atoms. The molecule has 0 aromatic rings. The summed E-state index contributed by atoms with van der Waals surface area (Å²) in [7, 11) is 1.61. The third-order valence-corrected chi connectivity index (χ3v) is 3.08. The molecular weight excluding hydrogens is 182 g/mol. The quantitative estimate of drug-likeness (QED) is 0.537. The highest BCUT2D eigenvalue weighted by Crippen LogP contribution is 2.25. The van der Waals surface area contributed by atoms with Crippen LogP contribution in [0.15, 0.2) is 0 Å². The molecule has 0 saturated carbocycles. The molecule has 1 rings (SSSR count). The number of hydrogen-bond donors (Lipinski definition) is 1. The van der Waals surface area contributed by atoms with E-state index in [1.807, 2.05) is 0 Å². The molecule has 0 aliphatic carbocycles. The summed E-state index contributed by atoms with van der Waals surface area (Å²) in [5.41, 5.74) is 5.90. The van der Waals surface area contributed by atoms with Gasteiger partial charge in [-0.3, -0.25) is 0 Å². The van der Waals surface area contributed by atoms with Crippen LogP contribution in [0.3, 0.4) is 0 Å². The lowest BCUT2D eigenvalue weighted by molar-refractivity contribution is -0.123. The number of nitrogens with two attached hydrogens (primary N) is 1. The first-order valence-corrected chi connectivity index (χ1v) is 5.10. The molecule has 0 amide bonds. The zero-order valence-electron chi connectivity index (χ0n) is 9.23. The van der Waals surface area contributed by atoms with Crippen LogP contribution in [0.5, 0.6) is 0 Å². The van der Waals surface area contributed by atoms with Crippen molar-refractivity contribution in [2.75, 3.05) is 27.1 Å². The van der Waals surface area contributed by atoms with Gasteiger partial charge < -0.3 is 19.9 Å². The molecule has 0 aromatic heterocycles. The van der Waals surface area contributed by atoms with Crippen molar-refractivity contribution in [1.82, 2.24) is 0 Å². The Hall–Kier alpha value is -0.160. The Morgan fingerprint density at radius 2 is 2.07 bits per heavy atom. The molecule has 1 saturated heterocycles. The normalized spacial score (nSPS) is 38.6. The van der Waals surface area contributed by atoms with Gasteiger partial charge in [0.1, 0.15) is 6.79 Å². The van der Waals surface area contributed by atoms with E-state index in [-0.39, 0.29) is 12.1 Å². The molecule has 0 unspecified atom stereocenters. The van der Waals surface area contributed by atoms with Gasteiger partial charge in [-0.05, 0) is 11.8 Å². The van der Waals surface area contributed by atoms with Gasteiger partial charge in [0, 0.05) is 13.2 Å². The Morgan fingerprint density at radius 3 is 2.71 bits per heavy atom. The van der Waals surface area contributed by atoms with Crippen molar-refractivity contribution in [2.45, 2.75) is 26.0 Å². The Labute approximate surface area is 85.7 Å². The number of ether oxygens (including phenoxy) is 3. The summed E-state index contributed by atoms with van der Waals surface area (Å²) in [6, 6.07) is 0.156. The lowest BCUT2D eigenvalue weighted by Crippen LogP contribution is -2.48. The van der Waals surface area contributed by atoms with Crippen LogP contribution in [-0.4, -0.2) is 39.3 Å². The maximum atomic E-state index is 5.90. The molecule has 0 bridgehead atoms. The highest BCUT2D eigenvalue weighted by Gasteiger charge is 2.32. The van der Waals surface area contributed by atoms with Crippen LogP contribution in [0, 0.1) is 11.8 Å². The molecule has 0 aromatic carbocycles. The Kier molecular flexibility index (Phi) is 4.81. The molecule has 4 nitrogen and oxygen atoms in total. The minimum Gasteiger partial charge on any atom is -0.374 e. The second kappa shape index (κ2) is 5.66. The summed E-state index contributed by atoms with van der Waals surface area (Å²) in [6.45, 7) is 5.87. The number of rotatable bonds is 4. The van der Waals surface area contributed by atoms with E-state index >= 15 is 0 Å². The highest BCUT2D eigenvalue weighted by molar-refractivity contribution is 4.83. The largest absolute Gasteiger partial charge is 0.374 e. The fraction of sp³-hybridized carbons (Fsp3) is 1.00. The van der Waals surface area contributed by atoms with E-state index in [9.17, 15) is 0 Å². The molecule has 84 valence electrons. The molecule has 1 aliphatic heterocycles. The predicted octanol–water partition coefficient (Wildman–Crippen LogP) is 0.605. The standard InChI is InChI=1S/C10H21NO3/c1-7-8(2)10(5-13-6-12-3)14-4-9(7)11/h7-10H,4-6,11H2,1-3H3/t7-,8+,9-,10+/m0/s1. The third-order valence-electron chi connectivity index (χ3n) is 3.08. The van der Waals surface area contributed by atoms with Gasteiger partial charge in [0.25, 0.3) is 0 Å². The fourth-order valence-electron chi connectivity index (χ4n) is 1.71. The second-order valence-electron chi connectivity index (χ2n) is 4.03. The Morgan fingerprint density at radius 1 is 1.36 bits per heavy atom. The fourth-order valence-corrected chi connectivity index (χ4v) is 1.71. The van der Waals surface area contributed by atoms with Crippen LogP contribution in [0.4, 0.5) is 0 Å². The third kappa shape index (κ3) is 2.92. The summed E-state index contributed by atoms with van der Waals surface area (Å²) in [6.07, 6.45) is 0.153. The summed E-state index contributed by atoms with van der Waals surface area (Å²) in [4.78, 5) is 0. The highest BCUT2D eigenvalue weighted by atomic mass is 16.7. The summed E-state index contributed by atoms with van der Waals surface area (Å²) >= 11 is 0. The molecule has 2 N–H and O–H groups in total. The van der Waals surface area contributed by atoms with Gasteiger partial charge >= 0.3 is 0 Å². The van der Waals surface area contributed by atoms with Gasteiger partial charge in [0.05, 0.1) is 19.3 Å². The van der Waals surface area contributed by atoms with Crippen LogP contribution < -0.4 is 5.73 Å². The first-order valence-electron chi connectivity index (χ1n) is 5.10. The van der Waals surface area contributed by atoms with Crippen LogP contribution in [-0.2, 0) is 14.2 Å². The second-order valence-corrected chi connectivity index (χ2v) is 4.03.